The number of halogens is 1. The lowest BCUT2D eigenvalue weighted by Crippen LogP contribution is -2.69. The number of hydrogen-bond donors (Lipinski definition) is 1. The van der Waals surface area contributed by atoms with Crippen LogP contribution in [-0.2, 0) is 28.7 Å². The maximum absolute atomic E-state index is 13.9. The Balaban J connectivity index is 0.00000400. The number of esters is 2. The maximum atomic E-state index is 13.9. The van der Waals surface area contributed by atoms with E-state index in [-0.39, 0.29) is 31.9 Å². The quantitative estimate of drug-likeness (QED) is 0.247. The van der Waals surface area contributed by atoms with Gasteiger partial charge >= 0.3 is 11.9 Å². The van der Waals surface area contributed by atoms with Crippen LogP contribution in [0, 0.1) is 40.4 Å². The number of ether oxygens (including phenoxy) is 2. The first kappa shape index (κ1) is 27.6. The first-order valence-electron chi connectivity index (χ1n) is 13.0. The lowest BCUT2D eigenvalue weighted by atomic mass is 9.45. The first-order valence-corrected chi connectivity index (χ1v) is 13.4. The molecule has 3 fully saturated rings. The molecule has 0 spiro atoms. The van der Waals surface area contributed by atoms with Crippen molar-refractivity contribution in [2.75, 3.05) is 6.61 Å². The van der Waals surface area contributed by atoms with Gasteiger partial charge in [-0.3, -0.25) is 14.4 Å². The number of Topliss-reactive ketones (excluding diaryl/α,β-unsaturated/α-hetero) is 1. The van der Waals surface area contributed by atoms with Gasteiger partial charge in [0.15, 0.2) is 18.0 Å². The fourth-order valence-corrected chi connectivity index (χ4v) is 8.55. The smallest absolute Gasteiger partial charge is 0.385 e. The lowest BCUT2D eigenvalue weighted by Gasteiger charge is -2.64. The van der Waals surface area contributed by atoms with Crippen LogP contribution in [0.4, 0.5) is 0 Å². The molecule has 202 valence electrons. The third-order valence-electron chi connectivity index (χ3n) is 9.73. The largest absolute Gasteiger partial charge is 0.457 e. The summed E-state index contributed by atoms with van der Waals surface area (Å²) in [6.45, 7) is 8.29. The van der Waals surface area contributed by atoms with E-state index in [9.17, 15) is 24.3 Å². The standard InChI is InChI=1S/C29H35ClO7.H2/c1-6-8-25(35)37-29(23(33)16-36-24(34)7-2)17(3)13-21-20-10-9-18-14-19(31)11-12-26(18,4)28(20,30)22(32)15-27(21,29)5;/h11-12,14,17,20-22,32H,7,9-10,13,15-16H2,1-5H3;1H/t17-,20?,21-,22-,26?,27?,28-,29-;/m0./s1. The molecule has 0 aromatic carbocycles. The molecule has 4 aliphatic carbocycles. The molecule has 8 atom stereocenters. The van der Waals surface area contributed by atoms with Crippen molar-refractivity contribution < 1.29 is 35.2 Å². The number of fused-ring (bicyclic) bond motifs is 5. The van der Waals surface area contributed by atoms with Crippen molar-refractivity contribution in [3.63, 3.8) is 0 Å². The van der Waals surface area contributed by atoms with Gasteiger partial charge in [-0.1, -0.05) is 45.3 Å². The van der Waals surface area contributed by atoms with Crippen LogP contribution in [0.5, 0.6) is 0 Å². The van der Waals surface area contributed by atoms with Gasteiger partial charge in [-0.2, -0.15) is 0 Å². The molecule has 0 bridgehead atoms. The Morgan fingerprint density at radius 1 is 1.27 bits per heavy atom. The minimum absolute atomic E-state index is 0. The Hall–Kier alpha value is -2.43. The molecule has 7 nitrogen and oxygen atoms in total. The van der Waals surface area contributed by atoms with E-state index < -0.39 is 57.7 Å². The molecular weight excluding hydrogens is 496 g/mol. The number of aliphatic hydroxyl groups excluding tert-OH is 1. The van der Waals surface area contributed by atoms with Gasteiger partial charge in [0.25, 0.3) is 0 Å². The molecule has 1 N–H and O–H groups in total. The van der Waals surface area contributed by atoms with Crippen molar-refractivity contribution in [2.24, 2.45) is 28.6 Å². The van der Waals surface area contributed by atoms with Crippen molar-refractivity contribution in [3.05, 3.63) is 23.8 Å². The maximum Gasteiger partial charge on any atom is 0.385 e. The van der Waals surface area contributed by atoms with E-state index in [2.05, 4.69) is 11.8 Å². The molecule has 3 unspecified atom stereocenters. The zero-order valence-corrected chi connectivity index (χ0v) is 22.8. The summed E-state index contributed by atoms with van der Waals surface area (Å²) in [5, 5.41) is 11.8. The van der Waals surface area contributed by atoms with Gasteiger partial charge in [-0.05, 0) is 56.6 Å². The van der Waals surface area contributed by atoms with Gasteiger partial charge in [0.1, 0.15) is 0 Å². The van der Waals surface area contributed by atoms with Crippen LogP contribution in [0.1, 0.15) is 68.1 Å². The molecule has 0 aliphatic heterocycles. The van der Waals surface area contributed by atoms with Gasteiger partial charge in [0.05, 0.1) is 11.0 Å². The van der Waals surface area contributed by atoms with Gasteiger partial charge in [-0.25, -0.2) is 4.79 Å². The number of allylic oxidation sites excluding steroid dienone is 4. The van der Waals surface area contributed by atoms with E-state index in [1.807, 2.05) is 26.8 Å². The molecule has 0 heterocycles. The summed E-state index contributed by atoms with van der Waals surface area (Å²) in [6, 6.07) is 0. The highest BCUT2D eigenvalue weighted by Crippen LogP contribution is 2.72. The SMILES string of the molecule is CC#CC(=O)O[C@]1(C(=O)COC(=O)CC)[C@@H](C)C[C@H]2C3CCC4=CC(=O)C=CC4(C)[C@@]3(Cl)[C@@H](O)CC21C.[HH]. The zero-order valence-electron chi connectivity index (χ0n) is 22.1. The van der Waals surface area contributed by atoms with E-state index in [1.54, 1.807) is 13.0 Å². The summed E-state index contributed by atoms with van der Waals surface area (Å²) < 4.78 is 11.2. The Labute approximate surface area is 224 Å². The second kappa shape index (κ2) is 9.39. The minimum Gasteiger partial charge on any atom is -0.457 e. The van der Waals surface area contributed by atoms with Crippen LogP contribution in [0.3, 0.4) is 0 Å². The molecule has 0 amide bonds. The zero-order chi connectivity index (χ0) is 27.4. The topological polar surface area (TPSA) is 107 Å². The summed E-state index contributed by atoms with van der Waals surface area (Å²) in [5.74, 6) is 2.09. The van der Waals surface area contributed by atoms with Gasteiger partial charge in [0.2, 0.25) is 5.78 Å². The highest BCUT2D eigenvalue weighted by atomic mass is 35.5. The van der Waals surface area contributed by atoms with Crippen LogP contribution in [0.2, 0.25) is 0 Å². The second-order valence-electron chi connectivity index (χ2n) is 11.3. The van der Waals surface area contributed by atoms with E-state index >= 15 is 0 Å². The van der Waals surface area contributed by atoms with Crippen molar-refractivity contribution in [3.8, 4) is 11.8 Å². The van der Waals surface area contributed by atoms with Crippen molar-refractivity contribution in [1.29, 1.82) is 0 Å². The summed E-state index contributed by atoms with van der Waals surface area (Å²) >= 11 is 7.48. The van der Waals surface area contributed by atoms with E-state index in [0.29, 0.717) is 19.3 Å². The van der Waals surface area contributed by atoms with Crippen molar-refractivity contribution in [1.82, 2.24) is 0 Å². The predicted molar refractivity (Wildman–Crippen MR) is 138 cm³/mol. The van der Waals surface area contributed by atoms with Crippen molar-refractivity contribution in [2.45, 2.75) is 83.3 Å². The van der Waals surface area contributed by atoms with Crippen LogP contribution in [0.15, 0.2) is 23.8 Å². The lowest BCUT2D eigenvalue weighted by molar-refractivity contribution is -0.200. The molecule has 0 aromatic rings. The number of carbonyl (C=O) groups is 4. The average Bonchev–Trinajstić information content (AvgIpc) is 3.05. The number of ketones is 2. The van der Waals surface area contributed by atoms with Crippen LogP contribution >= 0.6 is 11.6 Å². The molecule has 3 saturated carbocycles. The first-order chi connectivity index (χ1) is 17.3. The van der Waals surface area contributed by atoms with Gasteiger partial charge < -0.3 is 14.6 Å². The molecular formula is C29H37ClO7. The molecule has 37 heavy (non-hydrogen) atoms. The Morgan fingerprint density at radius 2 is 1.97 bits per heavy atom. The average molecular weight is 533 g/mol. The summed E-state index contributed by atoms with van der Waals surface area (Å²) in [4.78, 5) is 49.6. The molecule has 8 heteroatoms. The molecule has 4 rings (SSSR count). The van der Waals surface area contributed by atoms with Gasteiger partial charge in [0, 0.05) is 30.5 Å². The predicted octanol–water partition coefficient (Wildman–Crippen LogP) is 3.95. The number of alkyl halides is 1. The minimum atomic E-state index is -1.65. The third-order valence-corrected chi connectivity index (χ3v) is 10.7. The van der Waals surface area contributed by atoms with E-state index in [4.69, 9.17) is 21.1 Å². The number of rotatable bonds is 5. The Morgan fingerprint density at radius 3 is 2.62 bits per heavy atom. The monoisotopic (exact) mass is 532 g/mol. The summed E-state index contributed by atoms with van der Waals surface area (Å²) in [5.41, 5.74) is -2.48. The number of hydrogen-bond acceptors (Lipinski definition) is 7. The molecule has 0 saturated heterocycles. The molecule has 0 aromatic heterocycles. The normalized spacial score (nSPS) is 41.8. The number of aliphatic hydroxyl groups is 1. The van der Waals surface area contributed by atoms with Crippen LogP contribution < -0.4 is 0 Å². The Bertz CT molecular complexity index is 1170. The second-order valence-corrected chi connectivity index (χ2v) is 12.0. The van der Waals surface area contributed by atoms with Crippen molar-refractivity contribution >= 4 is 35.1 Å². The fraction of sp³-hybridized carbons (Fsp3) is 0.655. The fourth-order valence-electron chi connectivity index (χ4n) is 8.03. The highest BCUT2D eigenvalue weighted by Gasteiger charge is 2.76. The van der Waals surface area contributed by atoms with E-state index in [0.717, 1.165) is 5.57 Å². The van der Waals surface area contributed by atoms with Crippen LogP contribution in [0.25, 0.3) is 0 Å². The van der Waals surface area contributed by atoms with Gasteiger partial charge in [-0.15, -0.1) is 11.6 Å². The van der Waals surface area contributed by atoms with E-state index in [1.165, 1.54) is 13.0 Å². The summed E-state index contributed by atoms with van der Waals surface area (Å²) in [6.07, 6.45) is 5.86. The molecule has 0 radical (unpaired) electrons. The van der Waals surface area contributed by atoms with Crippen LogP contribution in [-0.4, -0.2) is 51.8 Å². The Kier molecular flexibility index (Phi) is 7.01. The molecule has 4 aliphatic rings. The summed E-state index contributed by atoms with van der Waals surface area (Å²) in [7, 11) is 0. The number of carbonyl (C=O) groups excluding carboxylic acids is 4. The highest BCUT2D eigenvalue weighted by molar-refractivity contribution is 6.26. The third kappa shape index (κ3) is 3.74.